The molecular weight excluding hydrogens is 344 g/mol. The minimum absolute atomic E-state index is 0.451. The summed E-state index contributed by atoms with van der Waals surface area (Å²) < 4.78 is 0. The van der Waals surface area contributed by atoms with Crippen molar-refractivity contribution < 1.29 is 9.59 Å². The fourth-order valence-electron chi connectivity index (χ4n) is 2.10. The fraction of sp³-hybridized carbons (Fsp3) is 0.125. The molecule has 0 saturated heterocycles. The number of primary amides is 1. The lowest BCUT2D eigenvalue weighted by Crippen LogP contribution is -2.39. The van der Waals surface area contributed by atoms with E-state index >= 15 is 0 Å². The van der Waals surface area contributed by atoms with Crippen molar-refractivity contribution in [3.63, 3.8) is 0 Å². The van der Waals surface area contributed by atoms with Crippen molar-refractivity contribution in [2.24, 2.45) is 5.73 Å². The van der Waals surface area contributed by atoms with Crippen LogP contribution in [0.3, 0.4) is 0 Å². The number of nitrogens with two attached hydrogens (primary N) is 1. The summed E-state index contributed by atoms with van der Waals surface area (Å²) in [6, 6.07) is 10.7. The van der Waals surface area contributed by atoms with Crippen molar-refractivity contribution in [1.29, 1.82) is 0 Å². The molecule has 0 radical (unpaired) electrons. The third-order valence-corrected chi connectivity index (χ3v) is 5.18. The molecule has 1 aromatic carbocycles. The number of amides is 3. The number of urea groups is 1. The van der Waals surface area contributed by atoms with Gasteiger partial charge in [0.15, 0.2) is 5.82 Å². The highest BCUT2D eigenvalue weighted by molar-refractivity contribution is 8.00. The Morgan fingerprint density at radius 2 is 2.00 bits per heavy atom. The van der Waals surface area contributed by atoms with Gasteiger partial charge in [0.1, 0.15) is 5.03 Å². The van der Waals surface area contributed by atoms with Crippen LogP contribution < -0.4 is 11.1 Å². The van der Waals surface area contributed by atoms with Crippen LogP contribution in [-0.4, -0.2) is 27.2 Å². The van der Waals surface area contributed by atoms with Gasteiger partial charge in [-0.05, 0) is 24.4 Å². The first-order valence-corrected chi connectivity index (χ1v) is 8.88. The van der Waals surface area contributed by atoms with E-state index in [4.69, 9.17) is 5.73 Å². The van der Waals surface area contributed by atoms with E-state index in [1.165, 1.54) is 11.8 Å². The lowest BCUT2D eigenvalue weighted by atomic mass is 10.2. The summed E-state index contributed by atoms with van der Waals surface area (Å²) in [7, 11) is 0. The van der Waals surface area contributed by atoms with Crippen LogP contribution in [0.2, 0.25) is 0 Å². The molecule has 0 bridgehead atoms. The molecule has 122 valence electrons. The number of nitrogens with one attached hydrogen (secondary N) is 1. The van der Waals surface area contributed by atoms with E-state index in [9.17, 15) is 9.59 Å². The number of nitrogens with zero attached hydrogens (tertiary/aromatic N) is 2. The second kappa shape index (κ2) is 6.98. The van der Waals surface area contributed by atoms with Crippen molar-refractivity contribution >= 4 is 45.9 Å². The third-order valence-electron chi connectivity index (χ3n) is 3.21. The van der Waals surface area contributed by atoms with Crippen molar-refractivity contribution in [2.75, 3.05) is 0 Å². The molecule has 0 saturated carbocycles. The zero-order valence-corrected chi connectivity index (χ0v) is 14.4. The molecule has 3 aromatic rings. The first-order valence-electron chi connectivity index (χ1n) is 7.12. The molecule has 2 aromatic heterocycles. The molecule has 0 fully saturated rings. The predicted molar refractivity (Wildman–Crippen MR) is 95.9 cm³/mol. The molecule has 2 heterocycles. The number of carbonyl (C=O) groups excluding carboxylic acids is 2. The monoisotopic (exact) mass is 358 g/mol. The molecular formula is C16H14N4O2S2. The number of fused-ring (bicyclic) bond motifs is 1. The number of hydrogen-bond acceptors (Lipinski definition) is 6. The van der Waals surface area contributed by atoms with E-state index in [-0.39, 0.29) is 0 Å². The summed E-state index contributed by atoms with van der Waals surface area (Å²) in [5.41, 5.74) is 5.81. The third kappa shape index (κ3) is 3.55. The second-order valence-electron chi connectivity index (χ2n) is 4.96. The fourth-order valence-corrected chi connectivity index (χ4v) is 3.69. The maximum absolute atomic E-state index is 11.9. The van der Waals surface area contributed by atoms with Crippen molar-refractivity contribution in [1.82, 2.24) is 15.3 Å². The number of carbonyl (C=O) groups is 2. The number of aromatic nitrogens is 2. The lowest BCUT2D eigenvalue weighted by Gasteiger charge is -2.12. The van der Waals surface area contributed by atoms with Gasteiger partial charge >= 0.3 is 6.03 Å². The quantitative estimate of drug-likeness (QED) is 0.552. The first-order chi connectivity index (χ1) is 11.5. The van der Waals surface area contributed by atoms with E-state index in [1.54, 1.807) is 18.3 Å². The number of para-hydroxylation sites is 1. The van der Waals surface area contributed by atoms with Crippen LogP contribution >= 0.6 is 23.1 Å². The Morgan fingerprint density at radius 1 is 1.21 bits per heavy atom. The number of rotatable bonds is 4. The minimum Gasteiger partial charge on any atom is -0.351 e. The van der Waals surface area contributed by atoms with Gasteiger partial charge in [-0.3, -0.25) is 10.1 Å². The van der Waals surface area contributed by atoms with E-state index in [0.29, 0.717) is 10.9 Å². The highest BCUT2D eigenvalue weighted by Crippen LogP contribution is 2.32. The first kappa shape index (κ1) is 16.4. The Kier molecular flexibility index (Phi) is 4.77. The van der Waals surface area contributed by atoms with Gasteiger partial charge in [-0.1, -0.05) is 36.0 Å². The summed E-state index contributed by atoms with van der Waals surface area (Å²) in [6.45, 7) is 1.70. The van der Waals surface area contributed by atoms with E-state index in [2.05, 4.69) is 15.3 Å². The van der Waals surface area contributed by atoms with Crippen molar-refractivity contribution in [2.45, 2.75) is 17.2 Å². The molecule has 0 aliphatic rings. The molecule has 6 nitrogen and oxygen atoms in total. The van der Waals surface area contributed by atoms with Gasteiger partial charge in [0.05, 0.1) is 15.6 Å². The summed E-state index contributed by atoms with van der Waals surface area (Å²) in [4.78, 5) is 32.9. The zero-order chi connectivity index (χ0) is 17.1. The van der Waals surface area contributed by atoms with Crippen LogP contribution in [0.4, 0.5) is 4.79 Å². The number of thiophene rings is 1. The maximum atomic E-state index is 11.9. The van der Waals surface area contributed by atoms with Crippen LogP contribution in [0.15, 0.2) is 46.8 Å². The van der Waals surface area contributed by atoms with Crippen LogP contribution in [0.5, 0.6) is 0 Å². The van der Waals surface area contributed by atoms with Gasteiger partial charge in [-0.15, -0.1) is 11.3 Å². The number of imide groups is 1. The largest absolute Gasteiger partial charge is 0.351 e. The minimum atomic E-state index is -0.862. The standard InChI is InChI=1S/C16H14N4O2S2/c1-9(14(21)20-16(17)22)24-15-10-5-2-3-6-11(10)18-13(19-15)12-7-4-8-23-12/h2-9H,1H3,(H3,17,20,21,22). The summed E-state index contributed by atoms with van der Waals surface area (Å²) in [5, 5.41) is 5.08. The molecule has 3 amide bonds. The average Bonchev–Trinajstić information content (AvgIpc) is 3.08. The summed E-state index contributed by atoms with van der Waals surface area (Å²) in [6.07, 6.45) is 0. The number of thioether (sulfide) groups is 1. The molecule has 0 spiro atoms. The van der Waals surface area contributed by atoms with Crippen molar-refractivity contribution in [3.8, 4) is 10.7 Å². The van der Waals surface area contributed by atoms with Gasteiger partial charge in [-0.25, -0.2) is 14.8 Å². The molecule has 3 N–H and O–H groups in total. The maximum Gasteiger partial charge on any atom is 0.318 e. The predicted octanol–water partition coefficient (Wildman–Crippen LogP) is 3.03. The second-order valence-corrected chi connectivity index (χ2v) is 7.24. The molecule has 8 heteroatoms. The number of benzene rings is 1. The highest BCUT2D eigenvalue weighted by atomic mass is 32.2. The van der Waals surface area contributed by atoms with Gasteiger partial charge in [0, 0.05) is 5.39 Å². The van der Waals surface area contributed by atoms with Crippen LogP contribution in [0.1, 0.15) is 6.92 Å². The van der Waals surface area contributed by atoms with E-state index in [0.717, 1.165) is 15.8 Å². The van der Waals surface area contributed by atoms with E-state index in [1.807, 2.05) is 41.8 Å². The summed E-state index contributed by atoms with van der Waals surface area (Å²) >= 11 is 2.82. The molecule has 1 unspecified atom stereocenters. The smallest absolute Gasteiger partial charge is 0.318 e. The highest BCUT2D eigenvalue weighted by Gasteiger charge is 2.19. The molecule has 24 heavy (non-hydrogen) atoms. The molecule has 0 aliphatic heterocycles. The van der Waals surface area contributed by atoms with Gasteiger partial charge < -0.3 is 5.73 Å². The summed E-state index contributed by atoms with van der Waals surface area (Å²) in [5.74, 6) is 0.168. The van der Waals surface area contributed by atoms with E-state index < -0.39 is 17.2 Å². The lowest BCUT2D eigenvalue weighted by molar-refractivity contribution is -0.119. The Bertz CT molecular complexity index is 896. The van der Waals surface area contributed by atoms with Crippen molar-refractivity contribution in [3.05, 3.63) is 41.8 Å². The van der Waals surface area contributed by atoms with Crippen LogP contribution in [0, 0.1) is 0 Å². The van der Waals surface area contributed by atoms with Crippen LogP contribution in [0.25, 0.3) is 21.6 Å². The SMILES string of the molecule is CC(Sc1nc(-c2cccs2)nc2ccccc12)C(=O)NC(N)=O. The average molecular weight is 358 g/mol. The van der Waals surface area contributed by atoms with Gasteiger partial charge in [-0.2, -0.15) is 0 Å². The Hall–Kier alpha value is -2.45. The number of hydrogen-bond donors (Lipinski definition) is 2. The molecule has 3 rings (SSSR count). The molecule has 0 aliphatic carbocycles. The zero-order valence-electron chi connectivity index (χ0n) is 12.7. The Labute approximate surface area is 146 Å². The topological polar surface area (TPSA) is 98.0 Å². The molecule has 1 atom stereocenters. The van der Waals surface area contributed by atoms with Gasteiger partial charge in [0.25, 0.3) is 0 Å². The van der Waals surface area contributed by atoms with Crippen LogP contribution in [-0.2, 0) is 4.79 Å². The van der Waals surface area contributed by atoms with Gasteiger partial charge in [0.2, 0.25) is 5.91 Å². The Balaban J connectivity index is 1.99. The normalized spacial score (nSPS) is 12.0. The Morgan fingerprint density at radius 3 is 2.71 bits per heavy atom.